The number of aryl methyl sites for hydroxylation is 2. The molecule has 0 radical (unpaired) electrons. The predicted molar refractivity (Wildman–Crippen MR) is 60.6 cm³/mol. The molecular weight excluding hydrogens is 172 g/mol. The SMILES string of the molecule is Cn1ccc2c1cc(C(C)(C)C)n2C. The molecule has 0 aliphatic carbocycles. The van der Waals surface area contributed by atoms with Crippen LogP contribution in [0.15, 0.2) is 18.3 Å². The summed E-state index contributed by atoms with van der Waals surface area (Å²) in [4.78, 5) is 0. The third-order valence-electron chi connectivity index (χ3n) is 2.86. The summed E-state index contributed by atoms with van der Waals surface area (Å²) in [6, 6.07) is 4.46. The van der Waals surface area contributed by atoms with Crippen LogP contribution in [0.3, 0.4) is 0 Å². The van der Waals surface area contributed by atoms with E-state index in [-0.39, 0.29) is 5.41 Å². The van der Waals surface area contributed by atoms with Crippen LogP contribution in [0.4, 0.5) is 0 Å². The highest BCUT2D eigenvalue weighted by Crippen LogP contribution is 2.28. The van der Waals surface area contributed by atoms with Crippen LogP contribution < -0.4 is 0 Å². The zero-order valence-electron chi connectivity index (χ0n) is 9.63. The third kappa shape index (κ3) is 1.17. The van der Waals surface area contributed by atoms with Gasteiger partial charge in [0.05, 0.1) is 11.0 Å². The Kier molecular flexibility index (Phi) is 1.78. The van der Waals surface area contributed by atoms with Crippen molar-refractivity contribution in [1.29, 1.82) is 0 Å². The number of rotatable bonds is 0. The summed E-state index contributed by atoms with van der Waals surface area (Å²) < 4.78 is 4.46. The zero-order valence-corrected chi connectivity index (χ0v) is 9.63. The maximum absolute atomic E-state index is 2.29. The van der Waals surface area contributed by atoms with Gasteiger partial charge in [0.2, 0.25) is 0 Å². The minimum Gasteiger partial charge on any atom is -0.349 e. The van der Waals surface area contributed by atoms with Crippen LogP contribution in [0.1, 0.15) is 26.5 Å². The van der Waals surface area contributed by atoms with Gasteiger partial charge in [0.25, 0.3) is 0 Å². The Bertz CT molecular complexity index is 466. The minimum atomic E-state index is 0.216. The largest absolute Gasteiger partial charge is 0.349 e. The Morgan fingerprint density at radius 2 is 1.71 bits per heavy atom. The van der Waals surface area contributed by atoms with Gasteiger partial charge in [-0.2, -0.15) is 0 Å². The minimum absolute atomic E-state index is 0.216. The van der Waals surface area contributed by atoms with Crippen LogP contribution >= 0.6 is 0 Å². The van der Waals surface area contributed by atoms with E-state index in [9.17, 15) is 0 Å². The highest BCUT2D eigenvalue weighted by Gasteiger charge is 2.19. The summed E-state index contributed by atoms with van der Waals surface area (Å²) in [5.41, 5.74) is 4.24. The Morgan fingerprint density at radius 1 is 1.07 bits per heavy atom. The Labute approximate surface area is 85.1 Å². The van der Waals surface area contributed by atoms with E-state index in [0.29, 0.717) is 0 Å². The zero-order chi connectivity index (χ0) is 10.5. The average Bonchev–Trinajstić information content (AvgIpc) is 2.54. The maximum atomic E-state index is 2.29. The quantitative estimate of drug-likeness (QED) is 0.604. The first-order chi connectivity index (χ1) is 6.41. The third-order valence-corrected chi connectivity index (χ3v) is 2.86. The Hall–Kier alpha value is -1.18. The van der Waals surface area contributed by atoms with Crippen molar-refractivity contribution in [2.24, 2.45) is 14.1 Å². The molecule has 0 aromatic carbocycles. The lowest BCUT2D eigenvalue weighted by Gasteiger charge is -2.19. The normalized spacial score (nSPS) is 12.6. The molecule has 0 amide bonds. The highest BCUT2D eigenvalue weighted by molar-refractivity contribution is 5.79. The summed E-state index contributed by atoms with van der Waals surface area (Å²) >= 11 is 0. The highest BCUT2D eigenvalue weighted by atomic mass is 15.0. The molecule has 0 saturated carbocycles. The molecule has 2 nitrogen and oxygen atoms in total. The fourth-order valence-electron chi connectivity index (χ4n) is 2.06. The van der Waals surface area contributed by atoms with Crippen LogP contribution in [0.2, 0.25) is 0 Å². The fourth-order valence-corrected chi connectivity index (χ4v) is 2.06. The molecule has 0 bridgehead atoms. The van der Waals surface area contributed by atoms with Crippen molar-refractivity contribution in [3.8, 4) is 0 Å². The van der Waals surface area contributed by atoms with Crippen LogP contribution in [0, 0.1) is 0 Å². The van der Waals surface area contributed by atoms with E-state index in [1.54, 1.807) is 0 Å². The fraction of sp³-hybridized carbons (Fsp3) is 0.500. The average molecular weight is 190 g/mol. The van der Waals surface area contributed by atoms with Crippen molar-refractivity contribution in [3.63, 3.8) is 0 Å². The van der Waals surface area contributed by atoms with Gasteiger partial charge in [0, 0.05) is 31.4 Å². The van der Waals surface area contributed by atoms with Gasteiger partial charge in [0.1, 0.15) is 0 Å². The molecule has 0 atom stereocenters. The van der Waals surface area contributed by atoms with Gasteiger partial charge in [0.15, 0.2) is 0 Å². The molecular formula is C12H18N2. The second kappa shape index (κ2) is 2.66. The second-order valence-corrected chi connectivity index (χ2v) is 5.04. The lowest BCUT2D eigenvalue weighted by atomic mass is 9.92. The summed E-state index contributed by atoms with van der Waals surface area (Å²) in [5.74, 6) is 0. The first-order valence-electron chi connectivity index (χ1n) is 5.02. The molecule has 14 heavy (non-hydrogen) atoms. The van der Waals surface area contributed by atoms with Crippen LogP contribution in [-0.4, -0.2) is 9.13 Å². The van der Waals surface area contributed by atoms with Crippen molar-refractivity contribution < 1.29 is 0 Å². The van der Waals surface area contributed by atoms with E-state index in [1.165, 1.54) is 16.7 Å². The smallest absolute Gasteiger partial charge is 0.0662 e. The molecule has 0 N–H and O–H groups in total. The summed E-state index contributed by atoms with van der Waals surface area (Å²) in [5, 5.41) is 0. The molecule has 0 fully saturated rings. The summed E-state index contributed by atoms with van der Waals surface area (Å²) in [6.07, 6.45) is 2.11. The molecule has 2 aromatic rings. The molecule has 2 heterocycles. The van der Waals surface area contributed by atoms with Gasteiger partial charge >= 0.3 is 0 Å². The van der Waals surface area contributed by atoms with Crippen molar-refractivity contribution in [1.82, 2.24) is 9.13 Å². The van der Waals surface area contributed by atoms with E-state index in [0.717, 1.165) is 0 Å². The van der Waals surface area contributed by atoms with Crippen molar-refractivity contribution in [3.05, 3.63) is 24.0 Å². The first-order valence-corrected chi connectivity index (χ1v) is 5.02. The Balaban J connectivity index is 2.75. The summed E-state index contributed by atoms with van der Waals surface area (Å²) in [7, 11) is 4.23. The monoisotopic (exact) mass is 190 g/mol. The van der Waals surface area contributed by atoms with E-state index < -0.39 is 0 Å². The lowest BCUT2D eigenvalue weighted by molar-refractivity contribution is 0.547. The lowest BCUT2D eigenvalue weighted by Crippen LogP contribution is -2.15. The number of aromatic nitrogens is 2. The van der Waals surface area contributed by atoms with E-state index >= 15 is 0 Å². The van der Waals surface area contributed by atoms with Crippen molar-refractivity contribution in [2.75, 3.05) is 0 Å². The molecule has 2 rings (SSSR count). The van der Waals surface area contributed by atoms with Gasteiger partial charge in [-0.05, 0) is 12.1 Å². The number of hydrogen-bond donors (Lipinski definition) is 0. The van der Waals surface area contributed by atoms with Gasteiger partial charge in [-0.1, -0.05) is 20.8 Å². The Morgan fingerprint density at radius 3 is 2.21 bits per heavy atom. The molecule has 0 spiro atoms. The first kappa shape index (κ1) is 9.38. The van der Waals surface area contributed by atoms with Crippen LogP contribution in [0.5, 0.6) is 0 Å². The van der Waals surface area contributed by atoms with Gasteiger partial charge < -0.3 is 9.13 Å². The van der Waals surface area contributed by atoms with Crippen molar-refractivity contribution >= 4 is 11.0 Å². The molecule has 2 heteroatoms. The standard InChI is InChI=1S/C12H18N2/c1-12(2,3)11-8-10-9(14(11)5)6-7-13(10)4/h6-8H,1-5H3. The van der Waals surface area contributed by atoms with Gasteiger partial charge in [-0.25, -0.2) is 0 Å². The van der Waals surface area contributed by atoms with Crippen LogP contribution in [0.25, 0.3) is 11.0 Å². The molecule has 0 saturated heterocycles. The molecule has 0 unspecified atom stereocenters. The van der Waals surface area contributed by atoms with E-state index in [1.807, 2.05) is 0 Å². The second-order valence-electron chi connectivity index (χ2n) is 5.04. The molecule has 0 aliphatic rings. The van der Waals surface area contributed by atoms with Crippen LogP contribution in [-0.2, 0) is 19.5 Å². The number of hydrogen-bond acceptors (Lipinski definition) is 0. The molecule has 76 valence electrons. The molecule has 2 aromatic heterocycles. The van der Waals surface area contributed by atoms with Crippen molar-refractivity contribution in [2.45, 2.75) is 26.2 Å². The number of fused-ring (bicyclic) bond motifs is 1. The topological polar surface area (TPSA) is 9.86 Å². The maximum Gasteiger partial charge on any atom is 0.0662 e. The van der Waals surface area contributed by atoms with Gasteiger partial charge in [-0.3, -0.25) is 0 Å². The van der Waals surface area contributed by atoms with E-state index in [2.05, 4.69) is 62.3 Å². The molecule has 0 aliphatic heterocycles. The predicted octanol–water partition coefficient (Wildman–Crippen LogP) is 2.81. The van der Waals surface area contributed by atoms with Gasteiger partial charge in [-0.15, -0.1) is 0 Å². The summed E-state index contributed by atoms with van der Waals surface area (Å²) in [6.45, 7) is 6.75. The number of nitrogens with zero attached hydrogens (tertiary/aromatic N) is 2. The van der Waals surface area contributed by atoms with E-state index in [4.69, 9.17) is 0 Å².